The summed E-state index contributed by atoms with van der Waals surface area (Å²) in [4.78, 5) is 23.4. The van der Waals surface area contributed by atoms with Crippen molar-refractivity contribution in [3.05, 3.63) is 73.6 Å². The molecule has 6 heterocycles. The Morgan fingerprint density at radius 2 is 1.72 bits per heavy atom. The quantitative estimate of drug-likeness (QED) is 0.348. The van der Waals surface area contributed by atoms with Crippen LogP contribution in [0.1, 0.15) is 0 Å². The molecule has 0 aromatic carbocycles. The van der Waals surface area contributed by atoms with Crippen LogP contribution in [0.3, 0.4) is 0 Å². The number of hydrogen-bond acceptors (Lipinski definition) is 7. The second-order valence-electron chi connectivity index (χ2n) is 8.80. The average molecular weight is 477 g/mol. The molecule has 0 fully saturated rings. The predicted molar refractivity (Wildman–Crippen MR) is 139 cm³/mol. The first-order valence-electron chi connectivity index (χ1n) is 11.6. The maximum atomic E-state index is 5.87. The molecule has 178 valence electrons. The van der Waals surface area contributed by atoms with Crippen molar-refractivity contribution < 1.29 is 4.74 Å². The van der Waals surface area contributed by atoms with Crippen LogP contribution in [0.25, 0.3) is 55.7 Å². The SMILES string of the molecule is CN(C)CCOc1cncc(-c2cnc3[nH]nc(-c4cc5c(-c6cccnc6)nccc5[nH]4)c3c2)c1. The first-order valence-corrected chi connectivity index (χ1v) is 11.6. The van der Waals surface area contributed by atoms with Gasteiger partial charge < -0.3 is 14.6 Å². The zero-order valence-electron chi connectivity index (χ0n) is 19.9. The van der Waals surface area contributed by atoms with Crippen LogP contribution >= 0.6 is 0 Å². The van der Waals surface area contributed by atoms with E-state index >= 15 is 0 Å². The predicted octanol–water partition coefficient (Wildman–Crippen LogP) is 4.57. The summed E-state index contributed by atoms with van der Waals surface area (Å²) in [5, 5.41) is 9.55. The number of likely N-dealkylation sites (N-methyl/N-ethyl adjacent to an activating group) is 1. The van der Waals surface area contributed by atoms with Gasteiger partial charge in [0.05, 0.1) is 17.6 Å². The van der Waals surface area contributed by atoms with E-state index in [2.05, 4.69) is 52.1 Å². The molecule has 6 aromatic heterocycles. The number of aromatic amines is 2. The molecule has 0 amide bonds. The zero-order chi connectivity index (χ0) is 24.5. The summed E-state index contributed by atoms with van der Waals surface area (Å²) in [7, 11) is 4.04. The number of aromatic nitrogens is 7. The lowest BCUT2D eigenvalue weighted by Gasteiger charge is -2.11. The number of rotatable bonds is 7. The maximum absolute atomic E-state index is 5.87. The minimum atomic E-state index is 0.595. The zero-order valence-corrected chi connectivity index (χ0v) is 19.9. The molecule has 0 aliphatic rings. The molecule has 9 nitrogen and oxygen atoms in total. The van der Waals surface area contributed by atoms with Gasteiger partial charge in [0, 0.05) is 70.5 Å². The lowest BCUT2D eigenvalue weighted by Crippen LogP contribution is -2.19. The Kier molecular flexibility index (Phi) is 5.59. The van der Waals surface area contributed by atoms with Gasteiger partial charge in [-0.3, -0.25) is 20.1 Å². The van der Waals surface area contributed by atoms with Crippen LogP contribution in [0.5, 0.6) is 5.75 Å². The van der Waals surface area contributed by atoms with Crippen molar-refractivity contribution in [2.75, 3.05) is 27.2 Å². The molecule has 9 heteroatoms. The number of H-pyrrole nitrogens is 2. The number of ether oxygens (including phenoxy) is 1. The lowest BCUT2D eigenvalue weighted by molar-refractivity contribution is 0.261. The van der Waals surface area contributed by atoms with Gasteiger partial charge in [-0.1, -0.05) is 0 Å². The third kappa shape index (κ3) is 4.16. The fraction of sp³-hybridized carbons (Fsp3) is 0.148. The maximum Gasteiger partial charge on any atom is 0.155 e. The van der Waals surface area contributed by atoms with E-state index in [-0.39, 0.29) is 0 Å². The van der Waals surface area contributed by atoms with Crippen molar-refractivity contribution in [3.63, 3.8) is 0 Å². The summed E-state index contributed by atoms with van der Waals surface area (Å²) in [5.41, 5.74) is 7.06. The van der Waals surface area contributed by atoms with Gasteiger partial charge in [0.25, 0.3) is 0 Å². The number of pyridine rings is 4. The molecule has 2 N–H and O–H groups in total. The lowest BCUT2D eigenvalue weighted by atomic mass is 10.1. The Morgan fingerprint density at radius 3 is 2.58 bits per heavy atom. The van der Waals surface area contributed by atoms with E-state index < -0.39 is 0 Å². The second kappa shape index (κ2) is 9.20. The molecular weight excluding hydrogens is 452 g/mol. The van der Waals surface area contributed by atoms with Gasteiger partial charge >= 0.3 is 0 Å². The van der Waals surface area contributed by atoms with Crippen LogP contribution in [0.15, 0.2) is 73.6 Å². The first kappa shape index (κ1) is 21.9. The van der Waals surface area contributed by atoms with Gasteiger partial charge in [0.2, 0.25) is 0 Å². The van der Waals surface area contributed by atoms with Crippen molar-refractivity contribution in [2.24, 2.45) is 0 Å². The van der Waals surface area contributed by atoms with Crippen LogP contribution < -0.4 is 4.74 Å². The van der Waals surface area contributed by atoms with Gasteiger partial charge in [-0.05, 0) is 50.5 Å². The van der Waals surface area contributed by atoms with E-state index in [0.29, 0.717) is 12.3 Å². The molecular formula is C27H24N8O. The van der Waals surface area contributed by atoms with Crippen LogP contribution in [-0.2, 0) is 0 Å². The molecule has 6 aromatic rings. The Hall–Kier alpha value is -4.63. The Balaban J connectivity index is 1.38. The summed E-state index contributed by atoms with van der Waals surface area (Å²) >= 11 is 0. The molecule has 0 unspecified atom stereocenters. The number of fused-ring (bicyclic) bond motifs is 2. The van der Waals surface area contributed by atoms with Crippen molar-refractivity contribution in [1.29, 1.82) is 0 Å². The molecule has 0 saturated heterocycles. The highest BCUT2D eigenvalue weighted by atomic mass is 16.5. The minimum Gasteiger partial charge on any atom is -0.491 e. The summed E-state index contributed by atoms with van der Waals surface area (Å²) < 4.78 is 5.87. The average Bonchev–Trinajstić information content (AvgIpc) is 3.53. The van der Waals surface area contributed by atoms with E-state index in [4.69, 9.17) is 4.74 Å². The Bertz CT molecular complexity index is 1660. The Morgan fingerprint density at radius 1 is 0.833 bits per heavy atom. The normalized spacial score (nSPS) is 11.5. The third-order valence-electron chi connectivity index (χ3n) is 6.01. The molecule has 0 spiro atoms. The smallest absolute Gasteiger partial charge is 0.155 e. The number of hydrogen-bond donors (Lipinski definition) is 2. The summed E-state index contributed by atoms with van der Waals surface area (Å²) in [6.45, 7) is 1.43. The van der Waals surface area contributed by atoms with E-state index in [1.165, 1.54) is 0 Å². The highest BCUT2D eigenvalue weighted by molar-refractivity contribution is 5.99. The summed E-state index contributed by atoms with van der Waals surface area (Å²) in [6.07, 6.45) is 10.7. The van der Waals surface area contributed by atoms with Crippen molar-refractivity contribution >= 4 is 21.9 Å². The third-order valence-corrected chi connectivity index (χ3v) is 6.01. The van der Waals surface area contributed by atoms with Gasteiger partial charge in [-0.2, -0.15) is 5.10 Å². The molecule has 0 saturated carbocycles. The van der Waals surface area contributed by atoms with Gasteiger partial charge in [-0.25, -0.2) is 4.98 Å². The summed E-state index contributed by atoms with van der Waals surface area (Å²) in [5.74, 6) is 0.730. The van der Waals surface area contributed by atoms with E-state index in [1.807, 2.05) is 57.0 Å². The van der Waals surface area contributed by atoms with Gasteiger partial charge in [-0.15, -0.1) is 0 Å². The van der Waals surface area contributed by atoms with E-state index in [1.54, 1.807) is 18.6 Å². The van der Waals surface area contributed by atoms with E-state index in [9.17, 15) is 0 Å². The van der Waals surface area contributed by atoms with E-state index in [0.717, 1.165) is 62.4 Å². The fourth-order valence-corrected chi connectivity index (χ4v) is 4.18. The molecule has 0 aliphatic carbocycles. The van der Waals surface area contributed by atoms with Crippen LogP contribution in [0.4, 0.5) is 0 Å². The molecule has 0 bridgehead atoms. The van der Waals surface area contributed by atoms with Crippen LogP contribution in [0.2, 0.25) is 0 Å². The number of nitrogens with zero attached hydrogens (tertiary/aromatic N) is 6. The topological polar surface area (TPSA) is 108 Å². The standard InChI is InChI=1S/C27H24N8O/c1-35(2)8-9-36-20-10-18(14-29-16-20)19-11-22-26(33-34-27(22)31-15-19)24-12-21-23(32-24)5-7-30-25(21)17-4-3-6-28-13-17/h3-7,10-16,32H,8-9H2,1-2H3,(H,31,33,34). The fourth-order valence-electron chi connectivity index (χ4n) is 4.18. The van der Waals surface area contributed by atoms with Crippen molar-refractivity contribution in [3.8, 4) is 39.5 Å². The van der Waals surface area contributed by atoms with Gasteiger partial charge in [0.1, 0.15) is 18.1 Å². The molecule has 0 aliphatic heterocycles. The largest absolute Gasteiger partial charge is 0.491 e. The van der Waals surface area contributed by atoms with Crippen molar-refractivity contribution in [2.45, 2.75) is 0 Å². The summed E-state index contributed by atoms with van der Waals surface area (Å²) in [6, 6.07) is 12.0. The molecule has 36 heavy (non-hydrogen) atoms. The van der Waals surface area contributed by atoms with Crippen molar-refractivity contribution in [1.82, 2.24) is 40.0 Å². The second-order valence-corrected chi connectivity index (χ2v) is 8.80. The Labute approximate surface area is 207 Å². The highest BCUT2D eigenvalue weighted by Crippen LogP contribution is 2.33. The molecule has 6 rings (SSSR count). The van der Waals surface area contributed by atoms with Crippen LogP contribution in [0, 0.1) is 0 Å². The van der Waals surface area contributed by atoms with Gasteiger partial charge in [0.15, 0.2) is 5.65 Å². The monoisotopic (exact) mass is 476 g/mol. The first-order chi connectivity index (χ1) is 17.7. The number of nitrogens with one attached hydrogen (secondary N) is 2. The highest BCUT2D eigenvalue weighted by Gasteiger charge is 2.16. The minimum absolute atomic E-state index is 0.595. The molecule has 0 radical (unpaired) electrons. The molecule has 0 atom stereocenters. The van der Waals surface area contributed by atoms with Crippen LogP contribution in [-0.4, -0.2) is 67.3 Å².